The molecular weight excluding hydrogens is 320 g/mol. The molecule has 0 saturated carbocycles. The Kier molecular flexibility index (Phi) is 6.22. The molecule has 2 aromatic rings. The Bertz CT molecular complexity index is 745. The van der Waals surface area contributed by atoms with Crippen LogP contribution in [0.3, 0.4) is 0 Å². The summed E-state index contributed by atoms with van der Waals surface area (Å²) in [5.74, 6) is -0.644. The number of hydrogen-bond donors (Lipinski definition) is 2. The lowest BCUT2D eigenvalue weighted by Gasteiger charge is -2.20. The number of pyridine rings is 1. The van der Waals surface area contributed by atoms with E-state index >= 15 is 0 Å². The molecule has 1 aromatic carbocycles. The molecule has 1 aromatic heterocycles. The Labute approximate surface area is 146 Å². The lowest BCUT2D eigenvalue weighted by molar-refractivity contribution is -0.133. The summed E-state index contributed by atoms with van der Waals surface area (Å²) in [7, 11) is 0. The quantitative estimate of drug-likeness (QED) is 0.842. The molecule has 25 heavy (non-hydrogen) atoms. The molecule has 0 atom stereocenters. The first-order valence-electron chi connectivity index (χ1n) is 7.76. The lowest BCUT2D eigenvalue weighted by atomic mass is 10.2. The van der Waals surface area contributed by atoms with Crippen LogP contribution >= 0.6 is 0 Å². The molecule has 130 valence electrons. The zero-order chi connectivity index (χ0) is 18.2. The summed E-state index contributed by atoms with van der Waals surface area (Å²) in [6, 6.07) is 10.4. The first kappa shape index (κ1) is 18.1. The van der Waals surface area contributed by atoms with Gasteiger partial charge in [0.2, 0.25) is 17.7 Å². The monoisotopic (exact) mass is 340 g/mol. The van der Waals surface area contributed by atoms with E-state index in [0.717, 1.165) is 5.56 Å². The van der Waals surface area contributed by atoms with E-state index in [9.17, 15) is 14.4 Å². The number of amides is 3. The zero-order valence-electron chi connectivity index (χ0n) is 14.2. The van der Waals surface area contributed by atoms with Crippen LogP contribution in [0, 0.1) is 0 Å². The fourth-order valence-corrected chi connectivity index (χ4v) is 2.20. The van der Waals surface area contributed by atoms with Crippen LogP contribution in [0.1, 0.15) is 19.4 Å². The van der Waals surface area contributed by atoms with Crippen LogP contribution in [0.4, 0.5) is 11.4 Å². The van der Waals surface area contributed by atoms with E-state index in [-0.39, 0.29) is 24.3 Å². The molecule has 1 heterocycles. The van der Waals surface area contributed by atoms with Gasteiger partial charge in [0.25, 0.3) is 0 Å². The molecule has 0 aliphatic rings. The minimum atomic E-state index is -0.295. The van der Waals surface area contributed by atoms with E-state index in [1.807, 2.05) is 0 Å². The van der Waals surface area contributed by atoms with Crippen LogP contribution in [-0.4, -0.2) is 34.2 Å². The SMILES string of the molecule is CC(=O)Nc1ccc(NC(=O)CN(Cc2ccncc2)C(C)=O)cc1. The van der Waals surface area contributed by atoms with Crippen molar-refractivity contribution < 1.29 is 14.4 Å². The van der Waals surface area contributed by atoms with Crippen molar-refractivity contribution in [1.82, 2.24) is 9.88 Å². The predicted molar refractivity (Wildman–Crippen MR) is 94.7 cm³/mol. The van der Waals surface area contributed by atoms with E-state index < -0.39 is 0 Å². The first-order valence-corrected chi connectivity index (χ1v) is 7.76. The van der Waals surface area contributed by atoms with Gasteiger partial charge in [-0.25, -0.2) is 0 Å². The van der Waals surface area contributed by atoms with E-state index in [4.69, 9.17) is 0 Å². The van der Waals surface area contributed by atoms with Crippen LogP contribution in [0.5, 0.6) is 0 Å². The Balaban J connectivity index is 1.94. The van der Waals surface area contributed by atoms with Crippen molar-refractivity contribution in [3.8, 4) is 0 Å². The van der Waals surface area contributed by atoms with Gasteiger partial charge in [-0.1, -0.05) is 0 Å². The van der Waals surface area contributed by atoms with Gasteiger partial charge in [0, 0.05) is 44.2 Å². The molecule has 0 aliphatic carbocycles. The van der Waals surface area contributed by atoms with E-state index in [2.05, 4.69) is 15.6 Å². The van der Waals surface area contributed by atoms with E-state index in [1.165, 1.54) is 18.7 Å². The van der Waals surface area contributed by atoms with Crippen LogP contribution in [0.2, 0.25) is 0 Å². The number of rotatable bonds is 6. The summed E-state index contributed by atoms with van der Waals surface area (Å²) in [4.78, 5) is 40.3. The number of benzene rings is 1. The fourth-order valence-electron chi connectivity index (χ4n) is 2.20. The predicted octanol–water partition coefficient (Wildman–Crippen LogP) is 2.03. The molecule has 0 unspecified atom stereocenters. The van der Waals surface area contributed by atoms with Gasteiger partial charge in [0.15, 0.2) is 0 Å². The van der Waals surface area contributed by atoms with Gasteiger partial charge < -0.3 is 15.5 Å². The number of anilines is 2. The maximum atomic E-state index is 12.2. The first-order chi connectivity index (χ1) is 11.9. The Morgan fingerprint density at radius 2 is 1.48 bits per heavy atom. The molecule has 0 spiro atoms. The molecule has 7 heteroatoms. The van der Waals surface area contributed by atoms with Gasteiger partial charge in [-0.3, -0.25) is 19.4 Å². The highest BCUT2D eigenvalue weighted by molar-refractivity contribution is 5.95. The molecule has 0 fully saturated rings. The molecular formula is C18H20N4O3. The van der Waals surface area contributed by atoms with Gasteiger partial charge in [0.05, 0.1) is 0 Å². The largest absolute Gasteiger partial charge is 0.329 e. The summed E-state index contributed by atoms with van der Waals surface area (Å²) >= 11 is 0. The third-order valence-electron chi connectivity index (χ3n) is 3.39. The molecule has 7 nitrogen and oxygen atoms in total. The maximum Gasteiger partial charge on any atom is 0.244 e. The van der Waals surface area contributed by atoms with Gasteiger partial charge in [0.1, 0.15) is 6.54 Å². The highest BCUT2D eigenvalue weighted by Crippen LogP contribution is 2.13. The second kappa shape index (κ2) is 8.58. The lowest BCUT2D eigenvalue weighted by Crippen LogP contribution is -2.36. The second-order valence-corrected chi connectivity index (χ2v) is 5.54. The molecule has 0 saturated heterocycles. The normalized spacial score (nSPS) is 10.0. The van der Waals surface area contributed by atoms with Crippen molar-refractivity contribution in [2.75, 3.05) is 17.2 Å². The summed E-state index contributed by atoms with van der Waals surface area (Å²) in [5, 5.41) is 5.39. The fraction of sp³-hybridized carbons (Fsp3) is 0.222. The number of nitrogens with zero attached hydrogens (tertiary/aromatic N) is 2. The Hall–Kier alpha value is -3.22. The maximum absolute atomic E-state index is 12.2. The molecule has 0 aliphatic heterocycles. The summed E-state index contributed by atoms with van der Waals surface area (Å²) in [6.45, 7) is 3.14. The van der Waals surface area contributed by atoms with Gasteiger partial charge in [-0.2, -0.15) is 0 Å². The van der Waals surface area contributed by atoms with Crippen molar-refractivity contribution >= 4 is 29.1 Å². The van der Waals surface area contributed by atoms with Gasteiger partial charge in [-0.15, -0.1) is 0 Å². The van der Waals surface area contributed by atoms with Crippen molar-refractivity contribution in [3.05, 3.63) is 54.4 Å². The number of nitrogens with one attached hydrogen (secondary N) is 2. The highest BCUT2D eigenvalue weighted by Gasteiger charge is 2.14. The van der Waals surface area contributed by atoms with Crippen LogP contribution in [0.25, 0.3) is 0 Å². The molecule has 3 amide bonds. The summed E-state index contributed by atoms with van der Waals surface area (Å²) in [5.41, 5.74) is 2.14. The average Bonchev–Trinajstić information content (AvgIpc) is 2.56. The molecule has 2 rings (SSSR count). The number of carbonyl (C=O) groups excluding carboxylic acids is 3. The Morgan fingerprint density at radius 3 is 2.00 bits per heavy atom. The third kappa shape index (κ3) is 6.06. The highest BCUT2D eigenvalue weighted by atomic mass is 16.2. The minimum Gasteiger partial charge on any atom is -0.329 e. The van der Waals surface area contributed by atoms with Crippen LogP contribution in [0.15, 0.2) is 48.8 Å². The topological polar surface area (TPSA) is 91.4 Å². The van der Waals surface area contributed by atoms with Gasteiger partial charge >= 0.3 is 0 Å². The number of hydrogen-bond acceptors (Lipinski definition) is 4. The second-order valence-electron chi connectivity index (χ2n) is 5.54. The van der Waals surface area contributed by atoms with Crippen molar-refractivity contribution in [2.24, 2.45) is 0 Å². The zero-order valence-corrected chi connectivity index (χ0v) is 14.2. The number of aromatic nitrogens is 1. The minimum absolute atomic E-state index is 0.0505. The van der Waals surface area contributed by atoms with Crippen LogP contribution < -0.4 is 10.6 Å². The van der Waals surface area contributed by atoms with E-state index in [1.54, 1.807) is 48.8 Å². The van der Waals surface area contributed by atoms with E-state index in [0.29, 0.717) is 17.9 Å². The summed E-state index contributed by atoms with van der Waals surface area (Å²) in [6.07, 6.45) is 3.29. The third-order valence-corrected chi connectivity index (χ3v) is 3.39. The molecule has 0 bridgehead atoms. The average molecular weight is 340 g/mol. The van der Waals surface area contributed by atoms with Crippen molar-refractivity contribution in [3.63, 3.8) is 0 Å². The standard InChI is InChI=1S/C18H20N4O3/c1-13(23)20-16-3-5-17(6-4-16)21-18(25)12-22(14(2)24)11-15-7-9-19-10-8-15/h3-10H,11-12H2,1-2H3,(H,20,23)(H,21,25). The smallest absolute Gasteiger partial charge is 0.244 e. The van der Waals surface area contributed by atoms with Crippen LogP contribution in [-0.2, 0) is 20.9 Å². The van der Waals surface area contributed by atoms with Gasteiger partial charge in [-0.05, 0) is 42.0 Å². The molecule has 2 N–H and O–H groups in total. The Morgan fingerprint density at radius 1 is 0.920 bits per heavy atom. The summed E-state index contributed by atoms with van der Waals surface area (Å²) < 4.78 is 0. The van der Waals surface area contributed by atoms with Crippen molar-refractivity contribution in [1.29, 1.82) is 0 Å². The number of carbonyl (C=O) groups is 3. The van der Waals surface area contributed by atoms with Crippen molar-refractivity contribution in [2.45, 2.75) is 20.4 Å². The molecule has 0 radical (unpaired) electrons.